The molecule has 0 aliphatic carbocycles. The fourth-order valence-electron chi connectivity index (χ4n) is 2.21. The lowest BCUT2D eigenvalue weighted by atomic mass is 10.1. The molecule has 2 N–H and O–H groups in total. The van der Waals surface area contributed by atoms with Gasteiger partial charge in [-0.05, 0) is 48.0 Å². The smallest absolute Gasteiger partial charge is 0.266 e. The second-order valence-corrected chi connectivity index (χ2v) is 5.07. The van der Waals surface area contributed by atoms with Gasteiger partial charge in [-0.3, -0.25) is 4.79 Å². The third-order valence-electron chi connectivity index (χ3n) is 3.37. The summed E-state index contributed by atoms with van der Waals surface area (Å²) in [6.45, 7) is 0.966. The molecule has 3 rings (SSSR count). The van der Waals surface area contributed by atoms with Crippen molar-refractivity contribution in [2.24, 2.45) is 0 Å². The molecular weight excluding hydrogens is 308 g/mol. The number of aromatic hydroxyl groups is 1. The van der Waals surface area contributed by atoms with Gasteiger partial charge in [0.15, 0.2) is 11.5 Å². The molecule has 1 aliphatic heterocycles. The SMILES string of the molecule is N#C/C(=C/c1ccc2c(c1)OCCO2)C(=O)Nc1ccc(O)cc1. The van der Waals surface area contributed by atoms with E-state index in [0.29, 0.717) is 36.0 Å². The number of nitrogens with zero attached hydrogens (tertiary/aromatic N) is 1. The van der Waals surface area contributed by atoms with Crippen LogP contribution in [0.15, 0.2) is 48.0 Å². The van der Waals surface area contributed by atoms with E-state index in [1.54, 1.807) is 30.3 Å². The van der Waals surface area contributed by atoms with Crippen molar-refractivity contribution in [1.29, 1.82) is 5.26 Å². The molecule has 0 saturated carbocycles. The third-order valence-corrected chi connectivity index (χ3v) is 3.37. The fraction of sp³-hybridized carbons (Fsp3) is 0.111. The quantitative estimate of drug-likeness (QED) is 0.515. The highest BCUT2D eigenvalue weighted by molar-refractivity contribution is 6.09. The molecule has 0 spiro atoms. The van der Waals surface area contributed by atoms with Gasteiger partial charge in [0.05, 0.1) is 0 Å². The molecule has 1 heterocycles. The molecule has 6 heteroatoms. The normalized spacial score (nSPS) is 13.0. The van der Waals surface area contributed by atoms with Crippen LogP contribution in [0.5, 0.6) is 17.2 Å². The first kappa shape index (κ1) is 15.4. The maximum absolute atomic E-state index is 12.2. The minimum Gasteiger partial charge on any atom is -0.508 e. The molecule has 0 bridgehead atoms. The lowest BCUT2D eigenvalue weighted by Crippen LogP contribution is -2.15. The van der Waals surface area contributed by atoms with E-state index < -0.39 is 5.91 Å². The molecular formula is C18H14N2O4. The van der Waals surface area contributed by atoms with Gasteiger partial charge in [0.1, 0.15) is 30.6 Å². The molecule has 1 aliphatic rings. The minimum atomic E-state index is -0.530. The lowest BCUT2D eigenvalue weighted by Gasteiger charge is -2.18. The summed E-state index contributed by atoms with van der Waals surface area (Å²) in [7, 11) is 0. The van der Waals surface area contributed by atoms with Gasteiger partial charge in [-0.25, -0.2) is 0 Å². The Morgan fingerprint density at radius 2 is 1.83 bits per heavy atom. The van der Waals surface area contributed by atoms with Crippen molar-refractivity contribution in [3.63, 3.8) is 0 Å². The summed E-state index contributed by atoms with van der Waals surface area (Å²) in [4.78, 5) is 12.2. The minimum absolute atomic E-state index is 0.0419. The molecule has 2 aromatic carbocycles. The Morgan fingerprint density at radius 3 is 2.54 bits per heavy atom. The summed E-state index contributed by atoms with van der Waals surface area (Å²) < 4.78 is 10.9. The number of nitriles is 1. The van der Waals surface area contributed by atoms with E-state index in [2.05, 4.69) is 5.32 Å². The van der Waals surface area contributed by atoms with E-state index in [0.717, 1.165) is 0 Å². The monoisotopic (exact) mass is 322 g/mol. The van der Waals surface area contributed by atoms with E-state index in [1.165, 1.54) is 18.2 Å². The first-order valence-corrected chi connectivity index (χ1v) is 7.27. The number of anilines is 1. The van der Waals surface area contributed by atoms with Crippen LogP contribution in [0, 0.1) is 11.3 Å². The molecule has 0 unspecified atom stereocenters. The van der Waals surface area contributed by atoms with E-state index in [-0.39, 0.29) is 11.3 Å². The predicted octanol–water partition coefficient (Wildman–Crippen LogP) is 2.71. The highest BCUT2D eigenvalue weighted by Crippen LogP contribution is 2.31. The average Bonchev–Trinajstić information content (AvgIpc) is 2.61. The van der Waals surface area contributed by atoms with Crippen LogP contribution >= 0.6 is 0 Å². The highest BCUT2D eigenvalue weighted by Gasteiger charge is 2.13. The van der Waals surface area contributed by atoms with Gasteiger partial charge in [-0.1, -0.05) is 6.07 Å². The summed E-state index contributed by atoms with van der Waals surface area (Å²) in [6, 6.07) is 13.1. The van der Waals surface area contributed by atoms with Crippen LogP contribution in [0.25, 0.3) is 6.08 Å². The van der Waals surface area contributed by atoms with Crippen LogP contribution in [0.2, 0.25) is 0 Å². The molecule has 6 nitrogen and oxygen atoms in total. The topological polar surface area (TPSA) is 91.6 Å². The maximum Gasteiger partial charge on any atom is 0.266 e. The van der Waals surface area contributed by atoms with E-state index in [1.807, 2.05) is 6.07 Å². The standard InChI is InChI=1S/C18H14N2O4/c19-11-13(18(22)20-14-2-4-15(21)5-3-14)9-12-1-6-16-17(10-12)24-8-7-23-16/h1-6,9-10,21H,7-8H2,(H,20,22)/b13-9-. The van der Waals surface area contributed by atoms with Gasteiger partial charge in [-0.2, -0.15) is 5.26 Å². The van der Waals surface area contributed by atoms with Gasteiger partial charge < -0.3 is 19.9 Å². The number of rotatable bonds is 3. The summed E-state index contributed by atoms with van der Waals surface area (Å²) in [5.74, 6) is 0.801. The molecule has 2 aromatic rings. The second kappa shape index (κ2) is 6.75. The first-order chi connectivity index (χ1) is 11.7. The van der Waals surface area contributed by atoms with Gasteiger partial charge in [0.25, 0.3) is 5.91 Å². The molecule has 0 saturated heterocycles. The zero-order valence-electron chi connectivity index (χ0n) is 12.7. The van der Waals surface area contributed by atoms with Gasteiger partial charge in [-0.15, -0.1) is 0 Å². The third kappa shape index (κ3) is 3.47. The van der Waals surface area contributed by atoms with Crippen molar-refractivity contribution in [2.75, 3.05) is 18.5 Å². The summed E-state index contributed by atoms with van der Waals surface area (Å²) in [5.41, 5.74) is 1.11. The number of fused-ring (bicyclic) bond motifs is 1. The number of carbonyl (C=O) groups is 1. The Labute approximate surface area is 138 Å². The van der Waals surface area contributed by atoms with Crippen LogP contribution in [-0.4, -0.2) is 24.2 Å². The van der Waals surface area contributed by atoms with Crippen molar-refractivity contribution in [3.05, 3.63) is 53.6 Å². The number of benzene rings is 2. The largest absolute Gasteiger partial charge is 0.508 e. The number of carbonyl (C=O) groups excluding carboxylic acids is 1. The van der Waals surface area contributed by atoms with Crippen LogP contribution in [0.3, 0.4) is 0 Å². The molecule has 24 heavy (non-hydrogen) atoms. The fourth-order valence-corrected chi connectivity index (χ4v) is 2.21. The number of phenols is 1. The lowest BCUT2D eigenvalue weighted by molar-refractivity contribution is -0.112. The molecule has 1 amide bonds. The number of phenolic OH excluding ortho intramolecular Hbond substituents is 1. The Morgan fingerprint density at radius 1 is 1.12 bits per heavy atom. The van der Waals surface area contributed by atoms with E-state index in [9.17, 15) is 15.2 Å². The van der Waals surface area contributed by atoms with Crippen molar-refractivity contribution in [1.82, 2.24) is 0 Å². The average molecular weight is 322 g/mol. The number of nitrogens with one attached hydrogen (secondary N) is 1. The van der Waals surface area contributed by atoms with Gasteiger partial charge in [0, 0.05) is 5.69 Å². The molecule has 0 atom stereocenters. The summed E-state index contributed by atoms with van der Waals surface area (Å²) in [6.07, 6.45) is 1.48. The van der Waals surface area contributed by atoms with Crippen molar-refractivity contribution in [2.45, 2.75) is 0 Å². The first-order valence-electron chi connectivity index (χ1n) is 7.27. The maximum atomic E-state index is 12.2. The van der Waals surface area contributed by atoms with E-state index in [4.69, 9.17) is 9.47 Å². The Balaban J connectivity index is 1.80. The summed E-state index contributed by atoms with van der Waals surface area (Å²) >= 11 is 0. The van der Waals surface area contributed by atoms with E-state index >= 15 is 0 Å². The number of amides is 1. The highest BCUT2D eigenvalue weighted by atomic mass is 16.6. The molecule has 120 valence electrons. The number of hydrogen-bond acceptors (Lipinski definition) is 5. The molecule has 0 fully saturated rings. The van der Waals surface area contributed by atoms with Crippen LogP contribution in [0.1, 0.15) is 5.56 Å². The molecule has 0 aromatic heterocycles. The van der Waals surface area contributed by atoms with Gasteiger partial charge >= 0.3 is 0 Å². The van der Waals surface area contributed by atoms with Crippen molar-refractivity contribution >= 4 is 17.7 Å². The Kier molecular flexibility index (Phi) is 4.34. The zero-order valence-corrected chi connectivity index (χ0v) is 12.7. The summed E-state index contributed by atoms with van der Waals surface area (Å²) in [5, 5.41) is 21.1. The Bertz CT molecular complexity index is 835. The van der Waals surface area contributed by atoms with Crippen molar-refractivity contribution in [3.8, 4) is 23.3 Å². The number of ether oxygens (including phenoxy) is 2. The second-order valence-electron chi connectivity index (χ2n) is 5.07. The van der Waals surface area contributed by atoms with Crippen LogP contribution in [0.4, 0.5) is 5.69 Å². The van der Waals surface area contributed by atoms with Crippen LogP contribution < -0.4 is 14.8 Å². The molecule has 0 radical (unpaired) electrons. The van der Waals surface area contributed by atoms with Crippen LogP contribution in [-0.2, 0) is 4.79 Å². The zero-order chi connectivity index (χ0) is 16.9. The Hall–Kier alpha value is -3.46. The predicted molar refractivity (Wildman–Crippen MR) is 87.8 cm³/mol. The van der Waals surface area contributed by atoms with Crippen molar-refractivity contribution < 1.29 is 19.4 Å². The van der Waals surface area contributed by atoms with Gasteiger partial charge in [0.2, 0.25) is 0 Å². The number of hydrogen-bond donors (Lipinski definition) is 2.